The van der Waals surface area contributed by atoms with Crippen molar-refractivity contribution >= 4 is 34.7 Å². The highest BCUT2D eigenvalue weighted by Crippen LogP contribution is 2.31. The van der Waals surface area contributed by atoms with E-state index in [1.165, 1.54) is 12.1 Å². The fraction of sp³-hybridized carbons (Fsp3) is 0.0714. The number of hydrogen-bond acceptors (Lipinski definition) is 3. The fourth-order valence-corrected chi connectivity index (χ4v) is 2.47. The molecule has 0 saturated carbocycles. The maximum absolute atomic E-state index is 13.1. The van der Waals surface area contributed by atoms with Gasteiger partial charge in [0.25, 0.3) is 0 Å². The van der Waals surface area contributed by atoms with E-state index >= 15 is 0 Å². The minimum atomic E-state index is -0.507. The Bertz CT molecular complexity index is 669. The standard InChI is InChI=1S/C14H12Cl2FN3O/c15-11-5-9(17)6-12(16)13(11)19-7-8-3-1-2-4-10(8)14(18)20-21/h1-6,19,21H,7H2,(H2,18,20). The SMILES string of the molecule is N/C(=N/O)c1ccccc1CNc1c(Cl)cc(F)cc1Cl. The van der Waals surface area contributed by atoms with Gasteiger partial charge in [-0.1, -0.05) is 52.6 Å². The van der Waals surface area contributed by atoms with Gasteiger partial charge in [0, 0.05) is 12.1 Å². The Morgan fingerprint density at radius 2 is 1.86 bits per heavy atom. The fourth-order valence-electron chi connectivity index (χ4n) is 1.87. The zero-order valence-electron chi connectivity index (χ0n) is 10.8. The van der Waals surface area contributed by atoms with E-state index in [1.54, 1.807) is 12.1 Å². The second-order valence-electron chi connectivity index (χ2n) is 4.24. The van der Waals surface area contributed by atoms with Crippen molar-refractivity contribution in [1.82, 2.24) is 0 Å². The predicted octanol–water partition coefficient (Wildman–Crippen LogP) is 3.84. The van der Waals surface area contributed by atoms with Crippen LogP contribution in [0.5, 0.6) is 0 Å². The number of hydrogen-bond donors (Lipinski definition) is 3. The van der Waals surface area contributed by atoms with Gasteiger partial charge in [-0.05, 0) is 17.7 Å². The third-order valence-corrected chi connectivity index (χ3v) is 3.46. The molecule has 21 heavy (non-hydrogen) atoms. The van der Waals surface area contributed by atoms with E-state index in [1.807, 2.05) is 12.1 Å². The lowest BCUT2D eigenvalue weighted by Crippen LogP contribution is -2.16. The molecule has 2 aromatic carbocycles. The van der Waals surface area contributed by atoms with Crippen molar-refractivity contribution in [1.29, 1.82) is 0 Å². The summed E-state index contributed by atoms with van der Waals surface area (Å²) in [5.41, 5.74) is 7.41. The second-order valence-corrected chi connectivity index (χ2v) is 5.05. The molecule has 0 aliphatic heterocycles. The van der Waals surface area contributed by atoms with Crippen LogP contribution in [-0.4, -0.2) is 11.0 Å². The van der Waals surface area contributed by atoms with Gasteiger partial charge in [0.05, 0.1) is 15.7 Å². The van der Waals surface area contributed by atoms with E-state index in [0.29, 0.717) is 17.8 Å². The molecule has 0 bridgehead atoms. The molecule has 0 aromatic heterocycles. The highest BCUT2D eigenvalue weighted by Gasteiger charge is 2.10. The summed E-state index contributed by atoms with van der Waals surface area (Å²) in [6, 6.07) is 9.47. The van der Waals surface area contributed by atoms with Gasteiger partial charge in [0.15, 0.2) is 5.84 Å². The number of benzene rings is 2. The molecule has 0 spiro atoms. The molecule has 7 heteroatoms. The van der Waals surface area contributed by atoms with Gasteiger partial charge in [-0.3, -0.25) is 0 Å². The number of anilines is 1. The van der Waals surface area contributed by atoms with Gasteiger partial charge in [-0.2, -0.15) is 0 Å². The van der Waals surface area contributed by atoms with Crippen LogP contribution in [0.4, 0.5) is 10.1 Å². The lowest BCUT2D eigenvalue weighted by Gasteiger charge is -2.13. The van der Waals surface area contributed by atoms with E-state index in [0.717, 1.165) is 5.56 Å². The maximum atomic E-state index is 13.1. The number of oxime groups is 1. The zero-order valence-corrected chi connectivity index (χ0v) is 12.3. The normalized spacial score (nSPS) is 11.5. The van der Waals surface area contributed by atoms with Gasteiger partial charge in [0.2, 0.25) is 0 Å². The van der Waals surface area contributed by atoms with Crippen LogP contribution in [0.1, 0.15) is 11.1 Å². The summed E-state index contributed by atoms with van der Waals surface area (Å²) in [6.45, 7) is 0.331. The number of nitrogens with zero attached hydrogens (tertiary/aromatic N) is 1. The molecular formula is C14H12Cl2FN3O. The third kappa shape index (κ3) is 3.56. The van der Waals surface area contributed by atoms with Crippen molar-refractivity contribution in [3.05, 3.63) is 63.4 Å². The number of nitrogens with two attached hydrogens (primary N) is 1. The van der Waals surface area contributed by atoms with E-state index in [-0.39, 0.29) is 15.9 Å². The Balaban J connectivity index is 2.26. The highest BCUT2D eigenvalue weighted by atomic mass is 35.5. The molecule has 110 valence electrons. The highest BCUT2D eigenvalue weighted by molar-refractivity contribution is 6.39. The van der Waals surface area contributed by atoms with Crippen LogP contribution in [0.3, 0.4) is 0 Å². The van der Waals surface area contributed by atoms with Crippen LogP contribution in [0.2, 0.25) is 10.0 Å². The van der Waals surface area contributed by atoms with Crippen molar-refractivity contribution in [2.24, 2.45) is 10.9 Å². The number of nitrogens with one attached hydrogen (secondary N) is 1. The molecule has 0 saturated heterocycles. The average Bonchev–Trinajstić information content (AvgIpc) is 2.45. The molecule has 4 nitrogen and oxygen atoms in total. The Hall–Kier alpha value is -1.98. The van der Waals surface area contributed by atoms with Gasteiger partial charge in [0.1, 0.15) is 5.82 Å². The first-order valence-corrected chi connectivity index (χ1v) is 6.72. The first-order valence-electron chi connectivity index (χ1n) is 5.97. The summed E-state index contributed by atoms with van der Waals surface area (Å²) in [5.74, 6) is -0.503. The van der Waals surface area contributed by atoms with E-state index in [2.05, 4.69) is 10.5 Å². The number of halogens is 3. The summed E-state index contributed by atoms with van der Waals surface area (Å²) in [5, 5.41) is 15.1. The summed E-state index contributed by atoms with van der Waals surface area (Å²) in [6.07, 6.45) is 0. The molecular weight excluding hydrogens is 316 g/mol. The van der Waals surface area contributed by atoms with Gasteiger partial charge < -0.3 is 16.3 Å². The van der Waals surface area contributed by atoms with Crippen molar-refractivity contribution in [3.8, 4) is 0 Å². The minimum absolute atomic E-state index is 0.00343. The quantitative estimate of drug-likeness (QED) is 0.346. The second kappa shape index (κ2) is 6.65. The Morgan fingerprint density at radius 1 is 1.24 bits per heavy atom. The zero-order chi connectivity index (χ0) is 15.4. The first-order chi connectivity index (χ1) is 10.0. The summed E-state index contributed by atoms with van der Waals surface area (Å²) >= 11 is 11.9. The summed E-state index contributed by atoms with van der Waals surface area (Å²) in [7, 11) is 0. The van der Waals surface area contributed by atoms with Crippen molar-refractivity contribution in [2.45, 2.75) is 6.54 Å². The molecule has 2 rings (SSSR count). The Morgan fingerprint density at radius 3 is 2.48 bits per heavy atom. The molecule has 0 heterocycles. The lowest BCUT2D eigenvalue weighted by molar-refractivity contribution is 0.318. The van der Waals surface area contributed by atoms with E-state index < -0.39 is 5.82 Å². The average molecular weight is 328 g/mol. The molecule has 0 amide bonds. The monoisotopic (exact) mass is 327 g/mol. The lowest BCUT2D eigenvalue weighted by atomic mass is 10.1. The van der Waals surface area contributed by atoms with Crippen LogP contribution in [-0.2, 0) is 6.54 Å². The summed E-state index contributed by atoms with van der Waals surface area (Å²) in [4.78, 5) is 0. The largest absolute Gasteiger partial charge is 0.409 e. The number of amidine groups is 1. The molecule has 0 aliphatic rings. The molecule has 0 atom stereocenters. The van der Waals surface area contributed by atoms with Crippen molar-refractivity contribution in [3.63, 3.8) is 0 Å². The maximum Gasteiger partial charge on any atom is 0.170 e. The summed E-state index contributed by atoms with van der Waals surface area (Å²) < 4.78 is 13.1. The number of rotatable bonds is 4. The van der Waals surface area contributed by atoms with Gasteiger partial charge in [-0.15, -0.1) is 0 Å². The van der Waals surface area contributed by atoms with Gasteiger partial charge >= 0.3 is 0 Å². The van der Waals surface area contributed by atoms with Crippen LogP contribution < -0.4 is 11.1 Å². The van der Waals surface area contributed by atoms with Crippen LogP contribution in [0, 0.1) is 5.82 Å². The minimum Gasteiger partial charge on any atom is -0.409 e. The van der Waals surface area contributed by atoms with Crippen molar-refractivity contribution < 1.29 is 9.60 Å². The molecule has 0 fully saturated rings. The van der Waals surface area contributed by atoms with Gasteiger partial charge in [-0.25, -0.2) is 4.39 Å². The van der Waals surface area contributed by atoms with E-state index in [9.17, 15) is 4.39 Å². The smallest absolute Gasteiger partial charge is 0.170 e. The van der Waals surface area contributed by atoms with E-state index in [4.69, 9.17) is 34.1 Å². The van der Waals surface area contributed by atoms with Crippen LogP contribution >= 0.6 is 23.2 Å². The topological polar surface area (TPSA) is 70.6 Å². The molecule has 4 N–H and O–H groups in total. The Labute approximate surface area is 131 Å². The molecule has 0 unspecified atom stereocenters. The first kappa shape index (κ1) is 15.4. The Kier molecular flexibility index (Phi) is 4.88. The molecule has 0 radical (unpaired) electrons. The third-order valence-electron chi connectivity index (χ3n) is 2.86. The van der Waals surface area contributed by atoms with Crippen LogP contribution in [0.15, 0.2) is 41.6 Å². The molecule has 2 aromatic rings. The predicted molar refractivity (Wildman–Crippen MR) is 82.7 cm³/mol. The van der Waals surface area contributed by atoms with Crippen LogP contribution in [0.25, 0.3) is 0 Å². The van der Waals surface area contributed by atoms with Crippen molar-refractivity contribution in [2.75, 3.05) is 5.32 Å². The molecule has 0 aliphatic carbocycles.